The highest BCUT2D eigenvalue weighted by molar-refractivity contribution is 5.97. The molecular formula is C21H21NO2. The summed E-state index contributed by atoms with van der Waals surface area (Å²) >= 11 is 0. The maximum absolute atomic E-state index is 11.9. The molecule has 1 aromatic heterocycles. The SMILES string of the molecule is CCOC(=O)/C(C)=C/c1cn(Cc2ccccc2)c2ccccc12. The Labute approximate surface area is 142 Å². The molecule has 0 aliphatic carbocycles. The van der Waals surface area contributed by atoms with Crippen molar-refractivity contribution in [3.63, 3.8) is 0 Å². The first-order valence-corrected chi connectivity index (χ1v) is 8.16. The van der Waals surface area contributed by atoms with Gasteiger partial charge < -0.3 is 9.30 Å². The fourth-order valence-electron chi connectivity index (χ4n) is 2.84. The number of esters is 1. The zero-order valence-electron chi connectivity index (χ0n) is 14.0. The molecule has 3 heteroatoms. The number of carbonyl (C=O) groups excluding carboxylic acids is 1. The van der Waals surface area contributed by atoms with E-state index in [2.05, 4.69) is 35.0 Å². The molecule has 0 aliphatic rings. The fourth-order valence-corrected chi connectivity index (χ4v) is 2.84. The zero-order valence-corrected chi connectivity index (χ0v) is 14.0. The van der Waals surface area contributed by atoms with Crippen molar-refractivity contribution in [1.82, 2.24) is 4.57 Å². The molecule has 0 fully saturated rings. The molecule has 1 heterocycles. The Morgan fingerprint density at radius 1 is 1.08 bits per heavy atom. The van der Waals surface area contributed by atoms with Crippen molar-refractivity contribution in [2.75, 3.05) is 6.61 Å². The monoisotopic (exact) mass is 319 g/mol. The largest absolute Gasteiger partial charge is 0.463 e. The summed E-state index contributed by atoms with van der Waals surface area (Å²) in [6.07, 6.45) is 4.00. The number of hydrogen-bond acceptors (Lipinski definition) is 2. The van der Waals surface area contributed by atoms with Crippen molar-refractivity contribution in [3.8, 4) is 0 Å². The van der Waals surface area contributed by atoms with E-state index in [1.54, 1.807) is 6.92 Å². The first-order valence-electron chi connectivity index (χ1n) is 8.16. The van der Waals surface area contributed by atoms with Crippen LogP contribution in [0.2, 0.25) is 0 Å². The molecule has 3 aromatic rings. The van der Waals surface area contributed by atoms with Crippen molar-refractivity contribution >= 4 is 22.9 Å². The van der Waals surface area contributed by atoms with Crippen molar-refractivity contribution in [2.45, 2.75) is 20.4 Å². The van der Waals surface area contributed by atoms with E-state index < -0.39 is 0 Å². The van der Waals surface area contributed by atoms with Crippen LogP contribution in [0.1, 0.15) is 25.0 Å². The Hall–Kier alpha value is -2.81. The molecule has 0 spiro atoms. The molecule has 2 aromatic carbocycles. The lowest BCUT2D eigenvalue weighted by molar-refractivity contribution is -0.138. The molecule has 0 N–H and O–H groups in total. The molecule has 0 atom stereocenters. The molecule has 24 heavy (non-hydrogen) atoms. The average Bonchev–Trinajstić information content (AvgIpc) is 2.94. The normalized spacial score (nSPS) is 11.7. The summed E-state index contributed by atoms with van der Waals surface area (Å²) in [6.45, 7) is 4.80. The maximum Gasteiger partial charge on any atom is 0.333 e. The van der Waals surface area contributed by atoms with Crippen molar-refractivity contribution < 1.29 is 9.53 Å². The summed E-state index contributed by atoms with van der Waals surface area (Å²) in [4.78, 5) is 11.9. The van der Waals surface area contributed by atoms with E-state index in [9.17, 15) is 4.79 Å². The lowest BCUT2D eigenvalue weighted by atomic mass is 10.1. The summed E-state index contributed by atoms with van der Waals surface area (Å²) in [5.74, 6) is -0.266. The number of nitrogens with zero attached hydrogens (tertiary/aromatic N) is 1. The van der Waals surface area contributed by atoms with Crippen LogP contribution >= 0.6 is 0 Å². The highest BCUT2D eigenvalue weighted by atomic mass is 16.5. The number of rotatable bonds is 5. The van der Waals surface area contributed by atoms with E-state index in [4.69, 9.17) is 4.74 Å². The van der Waals surface area contributed by atoms with E-state index in [1.807, 2.05) is 43.3 Å². The molecule has 3 nitrogen and oxygen atoms in total. The quantitative estimate of drug-likeness (QED) is 0.506. The van der Waals surface area contributed by atoms with Crippen LogP contribution in [0.5, 0.6) is 0 Å². The second kappa shape index (κ2) is 7.18. The lowest BCUT2D eigenvalue weighted by Gasteiger charge is -2.05. The second-order valence-corrected chi connectivity index (χ2v) is 5.76. The smallest absolute Gasteiger partial charge is 0.333 e. The van der Waals surface area contributed by atoms with Crippen LogP contribution in [0.4, 0.5) is 0 Å². The topological polar surface area (TPSA) is 31.2 Å². The molecular weight excluding hydrogens is 298 g/mol. The van der Waals surface area contributed by atoms with Gasteiger partial charge in [0.25, 0.3) is 0 Å². The van der Waals surface area contributed by atoms with Crippen molar-refractivity contribution in [1.29, 1.82) is 0 Å². The number of fused-ring (bicyclic) bond motifs is 1. The van der Waals surface area contributed by atoms with Crippen LogP contribution in [0.25, 0.3) is 17.0 Å². The number of para-hydroxylation sites is 1. The maximum atomic E-state index is 11.9. The van der Waals surface area contributed by atoms with Gasteiger partial charge in [0.2, 0.25) is 0 Å². The van der Waals surface area contributed by atoms with Crippen molar-refractivity contribution in [2.24, 2.45) is 0 Å². The van der Waals surface area contributed by atoms with Gasteiger partial charge >= 0.3 is 5.97 Å². The molecule has 3 rings (SSSR count). The van der Waals surface area contributed by atoms with Gasteiger partial charge in [-0.2, -0.15) is 0 Å². The van der Waals surface area contributed by atoms with Crippen LogP contribution in [-0.2, 0) is 16.1 Å². The van der Waals surface area contributed by atoms with Crippen LogP contribution in [0.3, 0.4) is 0 Å². The van der Waals surface area contributed by atoms with Gasteiger partial charge in [-0.3, -0.25) is 0 Å². The Bertz CT molecular complexity index is 875. The van der Waals surface area contributed by atoms with E-state index in [1.165, 1.54) is 5.56 Å². The summed E-state index contributed by atoms with van der Waals surface area (Å²) in [5.41, 5.74) is 4.05. The minimum atomic E-state index is -0.266. The molecule has 0 aliphatic heterocycles. The van der Waals surface area contributed by atoms with Gasteiger partial charge in [-0.05, 0) is 31.6 Å². The van der Waals surface area contributed by atoms with Crippen LogP contribution in [0.15, 0.2) is 66.4 Å². The predicted molar refractivity (Wildman–Crippen MR) is 97.8 cm³/mol. The third-order valence-electron chi connectivity index (χ3n) is 3.98. The van der Waals surface area contributed by atoms with Gasteiger partial charge in [-0.25, -0.2) is 4.79 Å². The molecule has 0 amide bonds. The third-order valence-corrected chi connectivity index (χ3v) is 3.98. The van der Waals surface area contributed by atoms with Gasteiger partial charge in [0.05, 0.1) is 6.61 Å². The molecule has 0 saturated carbocycles. The second-order valence-electron chi connectivity index (χ2n) is 5.76. The van der Waals surface area contributed by atoms with Gasteiger partial charge in [-0.1, -0.05) is 48.5 Å². The number of ether oxygens (including phenoxy) is 1. The predicted octanol–water partition coefficient (Wildman–Crippen LogP) is 4.66. The Kier molecular flexibility index (Phi) is 4.80. The molecule has 0 unspecified atom stereocenters. The minimum Gasteiger partial charge on any atom is -0.463 e. The summed E-state index contributed by atoms with van der Waals surface area (Å²) in [5, 5.41) is 1.14. The summed E-state index contributed by atoms with van der Waals surface area (Å²) in [7, 11) is 0. The van der Waals surface area contributed by atoms with Gasteiger partial charge in [0, 0.05) is 34.8 Å². The zero-order chi connectivity index (χ0) is 16.9. The molecule has 0 radical (unpaired) electrons. The number of hydrogen-bond donors (Lipinski definition) is 0. The van der Waals surface area contributed by atoms with Gasteiger partial charge in [0.1, 0.15) is 0 Å². The standard InChI is InChI=1S/C21H21NO2/c1-3-24-21(23)16(2)13-18-15-22(14-17-9-5-4-6-10-17)20-12-8-7-11-19(18)20/h4-13,15H,3,14H2,1-2H3/b16-13+. The average molecular weight is 319 g/mol. The van der Waals surface area contributed by atoms with Crippen molar-refractivity contribution in [3.05, 3.63) is 77.5 Å². The first-order chi connectivity index (χ1) is 11.7. The van der Waals surface area contributed by atoms with Crippen LogP contribution in [0, 0.1) is 0 Å². The van der Waals surface area contributed by atoms with Gasteiger partial charge in [-0.15, -0.1) is 0 Å². The number of carbonyl (C=O) groups is 1. The van der Waals surface area contributed by atoms with Crippen LogP contribution in [-0.4, -0.2) is 17.1 Å². The number of aromatic nitrogens is 1. The van der Waals surface area contributed by atoms with Gasteiger partial charge in [0.15, 0.2) is 0 Å². The lowest BCUT2D eigenvalue weighted by Crippen LogP contribution is -2.04. The highest BCUT2D eigenvalue weighted by Gasteiger charge is 2.10. The Morgan fingerprint density at radius 3 is 2.54 bits per heavy atom. The van der Waals surface area contributed by atoms with E-state index in [0.29, 0.717) is 12.2 Å². The molecule has 0 saturated heterocycles. The third kappa shape index (κ3) is 3.40. The first kappa shape index (κ1) is 16.1. The Balaban J connectivity index is 2.00. The van der Waals surface area contributed by atoms with Crippen LogP contribution < -0.4 is 0 Å². The molecule has 122 valence electrons. The molecule has 0 bridgehead atoms. The fraction of sp³-hybridized carbons (Fsp3) is 0.190. The van der Waals surface area contributed by atoms with E-state index in [-0.39, 0.29) is 5.97 Å². The van der Waals surface area contributed by atoms with E-state index >= 15 is 0 Å². The number of benzene rings is 2. The summed E-state index contributed by atoms with van der Waals surface area (Å²) in [6, 6.07) is 18.6. The summed E-state index contributed by atoms with van der Waals surface area (Å²) < 4.78 is 7.29. The minimum absolute atomic E-state index is 0.266. The Morgan fingerprint density at radius 2 is 1.79 bits per heavy atom. The highest BCUT2D eigenvalue weighted by Crippen LogP contribution is 2.24. The van der Waals surface area contributed by atoms with E-state index in [0.717, 1.165) is 23.0 Å².